The molecule has 0 aromatic heterocycles. The average molecular weight is 519 g/mol. The van der Waals surface area contributed by atoms with E-state index < -0.39 is 39.9 Å². The Kier molecular flexibility index (Phi) is 7.36. The highest BCUT2D eigenvalue weighted by atomic mass is 32.2. The molecule has 2 atom stereocenters. The van der Waals surface area contributed by atoms with Crippen molar-refractivity contribution in [1.29, 1.82) is 0 Å². The second-order valence-electron chi connectivity index (χ2n) is 8.60. The van der Waals surface area contributed by atoms with Gasteiger partial charge in [-0.05, 0) is 28.7 Å². The van der Waals surface area contributed by atoms with E-state index in [2.05, 4.69) is 5.32 Å². The summed E-state index contributed by atoms with van der Waals surface area (Å²) < 4.78 is 28.9. The van der Waals surface area contributed by atoms with Crippen LogP contribution in [0.5, 0.6) is 0 Å². The van der Waals surface area contributed by atoms with Crippen molar-refractivity contribution < 1.29 is 32.6 Å². The topological polar surface area (TPSA) is 130 Å². The summed E-state index contributed by atoms with van der Waals surface area (Å²) >= 11 is 1.28. The van der Waals surface area contributed by atoms with Crippen LogP contribution in [0.4, 0.5) is 4.79 Å². The number of alkyl carbamates (subject to hydrolysis) is 1. The minimum absolute atomic E-state index is 0.0319. The van der Waals surface area contributed by atoms with Gasteiger partial charge in [-0.2, -0.15) is 0 Å². The predicted molar refractivity (Wildman–Crippen MR) is 132 cm³/mol. The lowest BCUT2D eigenvalue weighted by Gasteiger charge is -2.26. The van der Waals surface area contributed by atoms with E-state index in [1.807, 2.05) is 48.5 Å². The van der Waals surface area contributed by atoms with Crippen molar-refractivity contribution >= 4 is 39.6 Å². The number of hydrogen-bond donors (Lipinski definition) is 2. The third-order valence-electron chi connectivity index (χ3n) is 6.16. The number of nitrogens with one attached hydrogen (secondary N) is 1. The second-order valence-corrected chi connectivity index (χ2v) is 11.9. The number of amides is 2. The summed E-state index contributed by atoms with van der Waals surface area (Å²) in [5, 5.41) is 11.9. The number of benzene rings is 2. The summed E-state index contributed by atoms with van der Waals surface area (Å²) in [5.74, 6) is -1.93. The number of aliphatic carboxylic acids is 1. The minimum atomic E-state index is -3.42. The first-order valence-electron chi connectivity index (χ1n) is 11.1. The third-order valence-corrected chi connectivity index (χ3v) is 8.15. The molecule has 0 saturated carbocycles. The van der Waals surface area contributed by atoms with Crippen molar-refractivity contribution in [3.05, 3.63) is 59.7 Å². The van der Waals surface area contributed by atoms with Gasteiger partial charge in [0.05, 0.1) is 11.6 Å². The van der Waals surface area contributed by atoms with Crippen LogP contribution in [0.3, 0.4) is 0 Å². The second kappa shape index (κ2) is 10.3. The summed E-state index contributed by atoms with van der Waals surface area (Å²) in [6.07, 6.45) is -0.0133. The number of ether oxygens (including phenoxy) is 1. The molecule has 0 spiro atoms. The van der Waals surface area contributed by atoms with Gasteiger partial charge in [0, 0.05) is 17.9 Å². The van der Waals surface area contributed by atoms with Gasteiger partial charge in [-0.25, -0.2) is 18.0 Å². The van der Waals surface area contributed by atoms with Gasteiger partial charge >= 0.3 is 12.1 Å². The van der Waals surface area contributed by atoms with Crippen LogP contribution < -0.4 is 5.32 Å². The van der Waals surface area contributed by atoms with Gasteiger partial charge in [-0.3, -0.25) is 4.79 Å². The first-order valence-corrected chi connectivity index (χ1v) is 14.3. The van der Waals surface area contributed by atoms with Crippen LogP contribution in [0.2, 0.25) is 0 Å². The monoisotopic (exact) mass is 518 g/mol. The quantitative estimate of drug-likeness (QED) is 0.545. The highest BCUT2D eigenvalue weighted by Gasteiger charge is 2.38. The highest BCUT2D eigenvalue weighted by molar-refractivity contribution is 7.99. The first-order chi connectivity index (χ1) is 16.7. The summed E-state index contributed by atoms with van der Waals surface area (Å²) in [4.78, 5) is 38.5. The number of nitrogens with zero attached hydrogens (tertiary/aromatic N) is 1. The molecule has 0 bridgehead atoms. The summed E-state index contributed by atoms with van der Waals surface area (Å²) in [7, 11) is -3.42. The number of carbonyl (C=O) groups is 3. The van der Waals surface area contributed by atoms with Crippen LogP contribution in [0.15, 0.2) is 48.5 Å². The van der Waals surface area contributed by atoms with Crippen molar-refractivity contribution in [2.75, 3.05) is 30.2 Å². The molecule has 1 fully saturated rings. The molecule has 2 N–H and O–H groups in total. The number of rotatable bonds is 8. The maximum absolute atomic E-state index is 13.1. The molecule has 1 aliphatic carbocycles. The molecule has 0 radical (unpaired) electrons. The number of thioether (sulfide) groups is 1. The van der Waals surface area contributed by atoms with Gasteiger partial charge in [-0.1, -0.05) is 48.5 Å². The summed E-state index contributed by atoms with van der Waals surface area (Å²) in [6, 6.07) is 13.5. The van der Waals surface area contributed by atoms with Crippen molar-refractivity contribution in [2.45, 2.75) is 24.4 Å². The number of carbonyl (C=O) groups excluding carboxylic acids is 2. The van der Waals surface area contributed by atoms with E-state index in [4.69, 9.17) is 4.74 Å². The van der Waals surface area contributed by atoms with Gasteiger partial charge in [0.15, 0.2) is 0 Å². The average Bonchev–Trinajstić information content (AvgIpc) is 3.43. The zero-order valence-corrected chi connectivity index (χ0v) is 20.7. The van der Waals surface area contributed by atoms with E-state index in [1.165, 1.54) is 11.8 Å². The molecular weight excluding hydrogens is 492 g/mol. The Bertz CT molecular complexity index is 1200. The van der Waals surface area contributed by atoms with Crippen LogP contribution in [0.25, 0.3) is 11.1 Å². The molecule has 2 amide bonds. The van der Waals surface area contributed by atoms with Crippen molar-refractivity contribution in [3.8, 4) is 11.1 Å². The van der Waals surface area contributed by atoms with E-state index in [0.29, 0.717) is 0 Å². The van der Waals surface area contributed by atoms with Gasteiger partial charge in [0.1, 0.15) is 28.5 Å². The molecule has 2 aromatic rings. The molecular formula is C24H26N2O7S2. The Morgan fingerprint density at radius 3 is 2.29 bits per heavy atom. The van der Waals surface area contributed by atoms with E-state index >= 15 is 0 Å². The maximum Gasteiger partial charge on any atom is 0.407 e. The number of sulfone groups is 1. The van der Waals surface area contributed by atoms with Crippen molar-refractivity contribution in [1.82, 2.24) is 10.2 Å². The highest BCUT2D eigenvalue weighted by Crippen LogP contribution is 2.44. The van der Waals surface area contributed by atoms with Crippen LogP contribution >= 0.6 is 11.8 Å². The van der Waals surface area contributed by atoms with E-state index in [0.717, 1.165) is 33.4 Å². The van der Waals surface area contributed by atoms with E-state index in [9.17, 15) is 27.9 Å². The van der Waals surface area contributed by atoms with Crippen LogP contribution in [-0.2, 0) is 24.2 Å². The van der Waals surface area contributed by atoms with Crippen molar-refractivity contribution in [2.24, 2.45) is 0 Å². The molecule has 35 heavy (non-hydrogen) atoms. The van der Waals surface area contributed by atoms with Gasteiger partial charge in [0.25, 0.3) is 0 Å². The number of hydrogen-bond acceptors (Lipinski definition) is 7. The van der Waals surface area contributed by atoms with E-state index in [-0.39, 0.29) is 36.3 Å². The van der Waals surface area contributed by atoms with Gasteiger partial charge in [0.2, 0.25) is 5.91 Å². The summed E-state index contributed by atoms with van der Waals surface area (Å²) in [5.41, 5.74) is 4.21. The predicted octanol–water partition coefficient (Wildman–Crippen LogP) is 2.31. The normalized spacial score (nSPS) is 18.0. The van der Waals surface area contributed by atoms with Crippen LogP contribution in [0, 0.1) is 0 Å². The van der Waals surface area contributed by atoms with Gasteiger partial charge < -0.3 is 20.1 Å². The Morgan fingerprint density at radius 1 is 1.11 bits per heavy atom. The molecule has 9 nitrogen and oxygen atoms in total. The molecule has 186 valence electrons. The fourth-order valence-corrected chi connectivity index (χ4v) is 6.26. The number of carboxylic acids is 1. The first kappa shape index (κ1) is 25.1. The van der Waals surface area contributed by atoms with Crippen LogP contribution in [0.1, 0.15) is 23.5 Å². The summed E-state index contributed by atoms with van der Waals surface area (Å²) in [6.45, 7) is 0.0319. The zero-order valence-electron chi connectivity index (χ0n) is 19.0. The molecule has 11 heteroatoms. The lowest BCUT2D eigenvalue weighted by molar-refractivity contribution is -0.148. The lowest BCUT2D eigenvalue weighted by Crippen LogP contribution is -2.52. The zero-order chi connectivity index (χ0) is 25.2. The molecule has 1 saturated heterocycles. The largest absolute Gasteiger partial charge is 0.480 e. The third kappa shape index (κ3) is 5.62. The van der Waals surface area contributed by atoms with E-state index in [1.54, 1.807) is 0 Å². The Labute approximate surface area is 207 Å². The van der Waals surface area contributed by atoms with Crippen molar-refractivity contribution in [3.63, 3.8) is 0 Å². The molecule has 1 aliphatic heterocycles. The molecule has 1 heterocycles. The fourth-order valence-electron chi connectivity index (χ4n) is 4.44. The minimum Gasteiger partial charge on any atom is -0.480 e. The van der Waals surface area contributed by atoms with Crippen LogP contribution in [-0.4, -0.2) is 78.7 Å². The smallest absolute Gasteiger partial charge is 0.407 e. The Hall–Kier alpha value is -3.05. The molecule has 1 unspecified atom stereocenters. The number of carboxylic acid groups (broad SMARTS) is 1. The standard InChI is InChI=1S/C24H26N2O7S2/c1-35(31,32)11-10-20(22(27)26-14-34-13-21(26)23(28)29)25-24(30)33-12-19-17-8-4-2-6-15(17)16-7-3-5-9-18(16)19/h2-9,19-21H,10-14H2,1H3,(H,25,30)(H,28,29)/t20?,21-/m0/s1. The Morgan fingerprint density at radius 2 is 1.71 bits per heavy atom. The fraction of sp³-hybridized carbons (Fsp3) is 0.375. The molecule has 2 aromatic carbocycles. The molecule has 4 rings (SSSR count). The lowest BCUT2D eigenvalue weighted by atomic mass is 9.98. The maximum atomic E-state index is 13.1. The van der Waals surface area contributed by atoms with Gasteiger partial charge in [-0.15, -0.1) is 11.8 Å². The molecule has 2 aliphatic rings. The Balaban J connectivity index is 1.46. The SMILES string of the molecule is CS(=O)(=O)CCC(NC(=O)OCC1c2ccccc2-c2ccccc21)C(=O)N1CSC[C@H]1C(=O)O. The number of fused-ring (bicyclic) bond motifs is 3.